The molecule has 0 aliphatic heterocycles. The monoisotopic (exact) mass is 766 g/mol. The van der Waals surface area contributed by atoms with Crippen molar-refractivity contribution in [3.63, 3.8) is 0 Å². The first-order chi connectivity index (χ1) is 26.6. The van der Waals surface area contributed by atoms with Gasteiger partial charge >= 0.3 is 17.9 Å². The summed E-state index contributed by atoms with van der Waals surface area (Å²) in [5, 5.41) is 0. The van der Waals surface area contributed by atoms with Crippen LogP contribution in [-0.2, 0) is 39.4 Å². The van der Waals surface area contributed by atoms with E-state index in [9.17, 15) is 28.8 Å². The van der Waals surface area contributed by atoms with Gasteiger partial charge in [0, 0.05) is 10.8 Å². The van der Waals surface area contributed by atoms with E-state index < -0.39 is 42.0 Å². The number of ether oxygens (including phenoxy) is 6. The minimum atomic E-state index is -1.05. The maximum absolute atomic E-state index is 12.6. The summed E-state index contributed by atoms with van der Waals surface area (Å²) >= 11 is 0. The van der Waals surface area contributed by atoms with Gasteiger partial charge < -0.3 is 28.4 Å². The van der Waals surface area contributed by atoms with E-state index in [1.807, 2.05) is 63.2 Å². The quantitative estimate of drug-likeness (QED) is 0.0506. The molecule has 0 aliphatic rings. The Morgan fingerprint density at radius 2 is 0.839 bits per heavy atom. The van der Waals surface area contributed by atoms with Gasteiger partial charge in [0.05, 0.1) is 38.0 Å². The summed E-state index contributed by atoms with van der Waals surface area (Å²) in [6, 6.07) is 18.6. The van der Waals surface area contributed by atoms with Gasteiger partial charge in [0.2, 0.25) is 0 Å². The number of rotatable bonds is 17. The lowest BCUT2D eigenvalue weighted by Crippen LogP contribution is -2.28. The smallest absolute Gasteiger partial charge is 0.343 e. The Hall–Kier alpha value is -6.30. The van der Waals surface area contributed by atoms with E-state index in [0.29, 0.717) is 46.7 Å². The topological polar surface area (TPSA) is 158 Å². The molecular weight excluding hydrogens is 720 g/mol. The zero-order valence-electron chi connectivity index (χ0n) is 33.0. The summed E-state index contributed by atoms with van der Waals surface area (Å²) in [6.45, 7) is 10.2. The van der Waals surface area contributed by atoms with Gasteiger partial charge in [-0.3, -0.25) is 14.4 Å². The first-order valence-corrected chi connectivity index (χ1v) is 17.6. The second-order valence-electron chi connectivity index (χ2n) is 13.9. The van der Waals surface area contributed by atoms with Crippen LogP contribution in [0.1, 0.15) is 96.4 Å². The fraction of sp³-hybridized carbons (Fsp3) is 0.318. The third-order valence-corrected chi connectivity index (χ3v) is 10.0. The molecule has 12 heteroatoms. The summed E-state index contributed by atoms with van der Waals surface area (Å²) in [4.78, 5) is 73.1. The Morgan fingerprint density at radius 1 is 0.500 bits per heavy atom. The molecule has 0 fully saturated rings. The van der Waals surface area contributed by atoms with Crippen molar-refractivity contribution in [2.45, 2.75) is 52.4 Å². The van der Waals surface area contributed by atoms with E-state index in [2.05, 4.69) is 4.74 Å². The Balaban J connectivity index is 1.96. The first-order valence-electron chi connectivity index (χ1n) is 17.6. The average Bonchev–Trinajstić information content (AvgIpc) is 3.20. The van der Waals surface area contributed by atoms with Crippen molar-refractivity contribution in [3.05, 3.63) is 122 Å². The molecule has 0 spiro atoms. The fourth-order valence-electron chi connectivity index (χ4n) is 6.65. The predicted octanol–water partition coefficient (Wildman–Crippen LogP) is 6.38. The maximum Gasteiger partial charge on any atom is 0.343 e. The van der Waals surface area contributed by atoms with E-state index in [4.69, 9.17) is 23.7 Å². The molecule has 294 valence electrons. The number of aldehydes is 3. The van der Waals surface area contributed by atoms with Gasteiger partial charge in [-0.2, -0.15) is 0 Å². The van der Waals surface area contributed by atoms with Crippen LogP contribution in [0.2, 0.25) is 0 Å². The molecule has 0 unspecified atom stereocenters. The van der Waals surface area contributed by atoms with Crippen LogP contribution >= 0.6 is 0 Å². The molecular formula is C44H46O12. The van der Waals surface area contributed by atoms with E-state index in [0.717, 1.165) is 16.7 Å². The number of carbonyl (C=O) groups excluding carboxylic acids is 6. The molecule has 56 heavy (non-hydrogen) atoms. The fourth-order valence-corrected chi connectivity index (χ4v) is 6.65. The number of hydrogen-bond acceptors (Lipinski definition) is 12. The molecule has 0 amide bonds. The van der Waals surface area contributed by atoms with E-state index in [1.54, 1.807) is 39.0 Å². The van der Waals surface area contributed by atoms with Crippen molar-refractivity contribution >= 4 is 36.8 Å². The van der Waals surface area contributed by atoms with Crippen molar-refractivity contribution in [3.8, 4) is 17.2 Å². The lowest BCUT2D eigenvalue weighted by Gasteiger charge is -2.35. The minimum absolute atomic E-state index is 0.198. The van der Waals surface area contributed by atoms with Gasteiger partial charge in [-0.05, 0) is 90.4 Å². The van der Waals surface area contributed by atoms with Gasteiger partial charge in [-0.15, -0.1) is 0 Å². The van der Waals surface area contributed by atoms with E-state index in [-0.39, 0.29) is 40.5 Å². The zero-order chi connectivity index (χ0) is 41.4. The summed E-state index contributed by atoms with van der Waals surface area (Å²) in [5.41, 5.74) is 4.54. The van der Waals surface area contributed by atoms with Crippen molar-refractivity contribution in [2.24, 2.45) is 0 Å². The van der Waals surface area contributed by atoms with Gasteiger partial charge in [0.25, 0.3) is 0 Å². The number of aryl methyl sites for hydroxylation is 3. The summed E-state index contributed by atoms with van der Waals surface area (Å²) in [6.07, 6.45) is 1.99. The molecule has 0 aromatic heterocycles. The lowest BCUT2D eigenvalue weighted by atomic mass is 9.68. The molecule has 4 aromatic carbocycles. The van der Waals surface area contributed by atoms with Gasteiger partial charge in [-0.25, -0.2) is 14.4 Å². The third kappa shape index (κ3) is 8.80. The minimum Gasteiger partial charge on any atom is -0.481 e. The van der Waals surface area contributed by atoms with Crippen LogP contribution in [0.5, 0.6) is 17.2 Å². The SMILES string of the molecule is COC(=O)COc1c(C)cc(C(C)(C)c2cccc(C(C)(c3cc(C)c(OCC(=O)OC)c(C=O)c3)c3cc(C)c(OCC(=O)OC)c(C=O)c3)c2)cc1C=O. The molecule has 0 bridgehead atoms. The van der Waals surface area contributed by atoms with Crippen LogP contribution < -0.4 is 14.2 Å². The third-order valence-electron chi connectivity index (χ3n) is 10.0. The highest BCUT2D eigenvalue weighted by atomic mass is 16.6. The Labute approximate surface area is 326 Å². The second kappa shape index (κ2) is 17.9. The van der Waals surface area contributed by atoms with Gasteiger partial charge in [-0.1, -0.05) is 56.3 Å². The summed E-state index contributed by atoms with van der Waals surface area (Å²) < 4.78 is 31.3. The Kier molecular flexibility index (Phi) is 13.6. The lowest BCUT2D eigenvalue weighted by molar-refractivity contribution is -0.143. The van der Waals surface area contributed by atoms with E-state index in [1.165, 1.54) is 21.3 Å². The molecule has 4 aromatic rings. The molecule has 0 N–H and O–H groups in total. The molecule has 0 atom stereocenters. The number of hydrogen-bond donors (Lipinski definition) is 0. The summed E-state index contributed by atoms with van der Waals surface area (Å²) in [5.74, 6) is -1.07. The molecule has 0 saturated heterocycles. The van der Waals surface area contributed by atoms with Crippen LogP contribution in [0.15, 0.2) is 60.7 Å². The van der Waals surface area contributed by atoms with Crippen LogP contribution in [0, 0.1) is 20.8 Å². The zero-order valence-corrected chi connectivity index (χ0v) is 33.0. The Bertz CT molecular complexity index is 2080. The predicted molar refractivity (Wildman–Crippen MR) is 206 cm³/mol. The molecule has 12 nitrogen and oxygen atoms in total. The number of methoxy groups -OCH3 is 3. The number of benzene rings is 4. The number of carbonyl (C=O) groups is 6. The highest BCUT2D eigenvalue weighted by molar-refractivity contribution is 5.84. The van der Waals surface area contributed by atoms with Gasteiger partial charge in [0.1, 0.15) is 17.2 Å². The highest BCUT2D eigenvalue weighted by Crippen LogP contribution is 2.45. The molecule has 4 rings (SSSR count). The summed E-state index contributed by atoms with van der Waals surface area (Å²) in [7, 11) is 3.73. The normalized spacial score (nSPS) is 11.2. The second-order valence-corrected chi connectivity index (χ2v) is 13.9. The van der Waals surface area contributed by atoms with Gasteiger partial charge in [0.15, 0.2) is 38.7 Å². The largest absolute Gasteiger partial charge is 0.481 e. The van der Waals surface area contributed by atoms with E-state index >= 15 is 0 Å². The molecule has 0 radical (unpaired) electrons. The molecule has 0 saturated carbocycles. The van der Waals surface area contributed by atoms with Crippen molar-refractivity contribution in [2.75, 3.05) is 41.2 Å². The van der Waals surface area contributed by atoms with Crippen molar-refractivity contribution in [1.82, 2.24) is 0 Å². The number of esters is 3. The first kappa shape index (κ1) is 42.4. The van der Waals surface area contributed by atoms with Crippen molar-refractivity contribution < 1.29 is 57.2 Å². The van der Waals surface area contributed by atoms with Crippen LogP contribution in [-0.4, -0.2) is 77.9 Å². The van der Waals surface area contributed by atoms with Crippen LogP contribution in [0.25, 0.3) is 0 Å². The maximum atomic E-state index is 12.6. The molecule has 0 aliphatic carbocycles. The van der Waals surface area contributed by atoms with Crippen LogP contribution in [0.4, 0.5) is 0 Å². The van der Waals surface area contributed by atoms with Crippen molar-refractivity contribution in [1.29, 1.82) is 0 Å². The Morgan fingerprint density at radius 3 is 1.20 bits per heavy atom. The average molecular weight is 767 g/mol. The van der Waals surface area contributed by atoms with Crippen LogP contribution in [0.3, 0.4) is 0 Å². The highest BCUT2D eigenvalue weighted by Gasteiger charge is 2.36. The molecule has 0 heterocycles. The standard InChI is InChI=1S/C44H46O12/c1-26-13-34(16-29(20-45)40(26)54-23-37(48)51-7)43(4,5)32-11-10-12-33(19-32)44(6,35-14-27(2)41(30(17-35)21-46)55-24-38(49)52-8)36-15-28(3)42(31(18-36)22-47)56-25-39(50)53-9/h10-22H,23-25H2,1-9H3.